The van der Waals surface area contributed by atoms with Gasteiger partial charge in [-0.15, -0.1) is 0 Å². The number of benzene rings is 1. The average Bonchev–Trinajstić information content (AvgIpc) is 2.21. The fourth-order valence-electron chi connectivity index (χ4n) is 1.27. The summed E-state index contributed by atoms with van der Waals surface area (Å²) in [6.07, 6.45) is 0. The molecule has 0 aliphatic rings. The van der Waals surface area contributed by atoms with Gasteiger partial charge in [-0.2, -0.15) is 4.72 Å². The molecule has 1 aromatic carbocycles. The van der Waals surface area contributed by atoms with Crippen LogP contribution in [0.4, 0.5) is 0 Å². The molecular formula is C11H13Br2NO4S. The van der Waals surface area contributed by atoms with Gasteiger partial charge in [-0.25, -0.2) is 8.42 Å². The lowest BCUT2D eigenvalue weighted by Gasteiger charge is -2.21. The minimum atomic E-state index is -3.94. The van der Waals surface area contributed by atoms with Crippen molar-refractivity contribution >= 4 is 47.9 Å². The van der Waals surface area contributed by atoms with Crippen LogP contribution in [-0.2, 0) is 14.8 Å². The topological polar surface area (TPSA) is 83.5 Å². The molecule has 106 valence electrons. The Morgan fingerprint density at radius 3 is 2.26 bits per heavy atom. The Bertz CT molecular complexity index is 626. The summed E-state index contributed by atoms with van der Waals surface area (Å²) in [7, 11) is -3.94. The van der Waals surface area contributed by atoms with E-state index in [0.29, 0.717) is 8.95 Å². The van der Waals surface area contributed by atoms with E-state index >= 15 is 0 Å². The second-order valence-electron chi connectivity index (χ2n) is 4.57. The zero-order chi connectivity index (χ0) is 15.0. The van der Waals surface area contributed by atoms with Gasteiger partial charge in [0.15, 0.2) is 0 Å². The van der Waals surface area contributed by atoms with Crippen molar-refractivity contribution in [2.75, 3.05) is 0 Å². The maximum Gasteiger partial charge on any atom is 0.324 e. The van der Waals surface area contributed by atoms with E-state index < -0.39 is 21.5 Å². The van der Waals surface area contributed by atoms with Crippen LogP contribution < -0.4 is 4.72 Å². The number of hydrogen-bond acceptors (Lipinski definition) is 3. The molecule has 0 atom stereocenters. The van der Waals surface area contributed by atoms with Crippen molar-refractivity contribution in [1.82, 2.24) is 4.72 Å². The first-order chi connectivity index (χ1) is 8.47. The van der Waals surface area contributed by atoms with Crippen LogP contribution in [0.3, 0.4) is 0 Å². The summed E-state index contributed by atoms with van der Waals surface area (Å²) < 4.78 is 27.6. The van der Waals surface area contributed by atoms with E-state index in [9.17, 15) is 13.2 Å². The molecule has 1 rings (SSSR count). The average molecular weight is 415 g/mol. The molecule has 0 aliphatic heterocycles. The number of carboxylic acid groups (broad SMARTS) is 1. The molecule has 0 aromatic heterocycles. The molecule has 8 heteroatoms. The molecule has 0 amide bonds. The van der Waals surface area contributed by atoms with Gasteiger partial charge in [0.2, 0.25) is 10.0 Å². The zero-order valence-electron chi connectivity index (χ0n) is 10.5. The first-order valence-electron chi connectivity index (χ1n) is 5.20. The van der Waals surface area contributed by atoms with Crippen molar-refractivity contribution in [1.29, 1.82) is 0 Å². The third-order valence-corrected chi connectivity index (χ3v) is 5.90. The fourth-order valence-corrected chi connectivity index (χ4v) is 4.32. The third kappa shape index (κ3) is 3.77. The standard InChI is InChI=1S/C11H13Br2NO4S/c1-6-4-8(13)9(5-7(6)12)19(17,18)14-11(2,3)10(15)16/h4-5,14H,1-3H3,(H,15,16). The lowest BCUT2D eigenvalue weighted by atomic mass is 10.1. The van der Waals surface area contributed by atoms with Crippen LogP contribution in [0.1, 0.15) is 19.4 Å². The Kier molecular flexibility index (Phi) is 4.82. The molecule has 5 nitrogen and oxygen atoms in total. The first-order valence-corrected chi connectivity index (χ1v) is 8.27. The Labute approximate surface area is 128 Å². The van der Waals surface area contributed by atoms with Crippen LogP contribution in [0.2, 0.25) is 0 Å². The summed E-state index contributed by atoms with van der Waals surface area (Å²) >= 11 is 6.43. The highest BCUT2D eigenvalue weighted by molar-refractivity contribution is 9.11. The summed E-state index contributed by atoms with van der Waals surface area (Å²) in [5.74, 6) is -1.25. The Morgan fingerprint density at radius 2 is 1.79 bits per heavy atom. The number of carbonyl (C=O) groups is 1. The van der Waals surface area contributed by atoms with Gasteiger partial charge >= 0.3 is 5.97 Å². The smallest absolute Gasteiger partial charge is 0.324 e. The van der Waals surface area contributed by atoms with E-state index in [0.717, 1.165) is 5.56 Å². The number of aliphatic carboxylic acids is 1. The molecule has 1 aromatic rings. The lowest BCUT2D eigenvalue weighted by Crippen LogP contribution is -2.49. The van der Waals surface area contributed by atoms with Crippen molar-refractivity contribution in [3.8, 4) is 0 Å². The minimum Gasteiger partial charge on any atom is -0.480 e. The van der Waals surface area contributed by atoms with Crippen molar-refractivity contribution in [3.63, 3.8) is 0 Å². The van der Waals surface area contributed by atoms with Gasteiger partial charge in [0, 0.05) is 8.95 Å². The maximum atomic E-state index is 12.2. The molecule has 0 fully saturated rings. The number of rotatable bonds is 4. The summed E-state index contributed by atoms with van der Waals surface area (Å²) in [6, 6.07) is 3.08. The molecule has 0 saturated heterocycles. The van der Waals surface area contributed by atoms with Gasteiger partial charge < -0.3 is 5.11 Å². The van der Waals surface area contributed by atoms with E-state index in [1.54, 1.807) is 6.07 Å². The van der Waals surface area contributed by atoms with Crippen molar-refractivity contribution in [2.45, 2.75) is 31.2 Å². The summed E-state index contributed by atoms with van der Waals surface area (Å²) in [5.41, 5.74) is -0.723. The van der Waals surface area contributed by atoms with E-state index in [4.69, 9.17) is 5.11 Å². The third-order valence-electron chi connectivity index (χ3n) is 2.43. The van der Waals surface area contributed by atoms with Crippen molar-refractivity contribution in [3.05, 3.63) is 26.6 Å². The predicted octanol–water partition coefficient (Wildman–Crippen LogP) is 2.66. The van der Waals surface area contributed by atoms with Crippen LogP contribution in [0.25, 0.3) is 0 Å². The quantitative estimate of drug-likeness (QED) is 0.793. The van der Waals surface area contributed by atoms with Crippen molar-refractivity contribution in [2.24, 2.45) is 0 Å². The Hall–Kier alpha value is -0.440. The molecule has 0 bridgehead atoms. The van der Waals surface area contributed by atoms with Crippen LogP contribution >= 0.6 is 31.9 Å². The van der Waals surface area contributed by atoms with Crippen LogP contribution in [0.5, 0.6) is 0 Å². The summed E-state index contributed by atoms with van der Waals surface area (Å²) in [6.45, 7) is 4.38. The highest BCUT2D eigenvalue weighted by Crippen LogP contribution is 2.29. The van der Waals surface area contributed by atoms with E-state index in [1.165, 1.54) is 19.9 Å². The predicted molar refractivity (Wildman–Crippen MR) is 78.6 cm³/mol. The normalized spacial score (nSPS) is 12.5. The van der Waals surface area contributed by atoms with Crippen molar-refractivity contribution < 1.29 is 18.3 Å². The number of carboxylic acids is 1. The second kappa shape index (κ2) is 5.51. The first kappa shape index (κ1) is 16.6. The summed E-state index contributed by atoms with van der Waals surface area (Å²) in [5, 5.41) is 8.97. The van der Waals surface area contributed by atoms with E-state index in [-0.39, 0.29) is 4.90 Å². The molecule has 0 heterocycles. The number of aryl methyl sites for hydroxylation is 1. The second-order valence-corrected chi connectivity index (χ2v) is 7.93. The van der Waals surface area contributed by atoms with Gasteiger partial charge in [-0.05, 0) is 54.4 Å². The molecule has 0 unspecified atom stereocenters. The largest absolute Gasteiger partial charge is 0.480 e. The number of hydrogen-bond donors (Lipinski definition) is 2. The molecule has 0 saturated carbocycles. The van der Waals surface area contributed by atoms with Gasteiger partial charge in [0.05, 0.1) is 4.90 Å². The minimum absolute atomic E-state index is 0.0145. The Morgan fingerprint density at radius 1 is 1.26 bits per heavy atom. The highest BCUT2D eigenvalue weighted by Gasteiger charge is 2.34. The molecule has 0 radical (unpaired) electrons. The Balaban J connectivity index is 3.30. The monoisotopic (exact) mass is 413 g/mol. The van der Waals surface area contributed by atoms with E-state index in [1.807, 2.05) is 6.92 Å². The summed E-state index contributed by atoms with van der Waals surface area (Å²) in [4.78, 5) is 11.0. The SMILES string of the molecule is Cc1cc(Br)c(S(=O)(=O)NC(C)(C)C(=O)O)cc1Br. The molecule has 19 heavy (non-hydrogen) atoms. The lowest BCUT2D eigenvalue weighted by molar-refractivity contribution is -0.142. The zero-order valence-corrected chi connectivity index (χ0v) is 14.5. The molecular weight excluding hydrogens is 402 g/mol. The number of halogens is 2. The van der Waals surface area contributed by atoms with Crippen LogP contribution in [0, 0.1) is 6.92 Å². The van der Waals surface area contributed by atoms with Gasteiger partial charge in [-0.1, -0.05) is 15.9 Å². The molecule has 0 spiro atoms. The molecule has 2 N–H and O–H groups in total. The maximum absolute atomic E-state index is 12.2. The van der Waals surface area contributed by atoms with E-state index in [2.05, 4.69) is 36.6 Å². The fraction of sp³-hybridized carbons (Fsp3) is 0.364. The molecule has 0 aliphatic carbocycles. The van der Waals surface area contributed by atoms with Crippen LogP contribution in [0.15, 0.2) is 26.0 Å². The van der Waals surface area contributed by atoms with Gasteiger partial charge in [0.25, 0.3) is 0 Å². The van der Waals surface area contributed by atoms with Crippen LogP contribution in [-0.4, -0.2) is 25.0 Å². The van der Waals surface area contributed by atoms with Gasteiger partial charge in [0.1, 0.15) is 5.54 Å². The number of nitrogens with one attached hydrogen (secondary N) is 1. The number of sulfonamides is 1. The van der Waals surface area contributed by atoms with Gasteiger partial charge in [-0.3, -0.25) is 4.79 Å². The highest BCUT2D eigenvalue weighted by atomic mass is 79.9.